The van der Waals surface area contributed by atoms with E-state index in [1.807, 2.05) is 0 Å². The summed E-state index contributed by atoms with van der Waals surface area (Å²) < 4.78 is 40.5. The van der Waals surface area contributed by atoms with E-state index in [2.05, 4.69) is 4.74 Å². The predicted molar refractivity (Wildman–Crippen MR) is 73.4 cm³/mol. The molecule has 2 aromatic rings. The molecule has 6 heteroatoms. The quantitative estimate of drug-likeness (QED) is 0.894. The fourth-order valence-electron chi connectivity index (χ4n) is 1.98. The first-order valence-corrected chi connectivity index (χ1v) is 6.44. The van der Waals surface area contributed by atoms with Gasteiger partial charge in [-0.05, 0) is 41.8 Å². The zero-order chi connectivity index (χ0) is 15.6. The Balaban J connectivity index is 2.33. The fourth-order valence-corrected chi connectivity index (χ4v) is 2.16. The Morgan fingerprint density at radius 3 is 2.48 bits per heavy atom. The normalized spacial score (nSPS) is 13.0. The molecule has 0 spiro atoms. The van der Waals surface area contributed by atoms with Crippen LogP contribution in [0.5, 0.6) is 5.75 Å². The van der Waals surface area contributed by atoms with Crippen molar-refractivity contribution in [3.63, 3.8) is 0 Å². The van der Waals surface area contributed by atoms with Crippen LogP contribution in [0.3, 0.4) is 0 Å². The second-order valence-corrected chi connectivity index (χ2v) is 4.88. The third-order valence-electron chi connectivity index (χ3n) is 3.01. The molecule has 0 heterocycles. The van der Waals surface area contributed by atoms with E-state index in [0.717, 1.165) is 6.07 Å². The van der Waals surface area contributed by atoms with Gasteiger partial charge in [-0.1, -0.05) is 35.9 Å². The van der Waals surface area contributed by atoms with Crippen LogP contribution in [-0.4, -0.2) is 11.5 Å². The summed E-state index contributed by atoms with van der Waals surface area (Å²) >= 11 is 5.98. The Morgan fingerprint density at radius 2 is 1.81 bits per heavy atom. The van der Waals surface area contributed by atoms with E-state index < -0.39 is 12.5 Å². The zero-order valence-electron chi connectivity index (χ0n) is 11.0. The molecule has 0 bridgehead atoms. The minimum absolute atomic E-state index is 0.294. The Hall–Kier alpha value is -1.72. The maximum Gasteiger partial charge on any atom is 0.573 e. The minimum Gasteiger partial charge on any atom is -0.406 e. The molecule has 1 N–H and O–H groups in total. The smallest absolute Gasteiger partial charge is 0.406 e. The molecule has 0 fully saturated rings. The topological polar surface area (TPSA) is 29.5 Å². The summed E-state index contributed by atoms with van der Waals surface area (Å²) in [5, 5.41) is 10.8. The predicted octanol–water partition coefficient (Wildman–Crippen LogP) is 4.63. The van der Waals surface area contributed by atoms with Gasteiger partial charge in [-0.15, -0.1) is 13.2 Å². The van der Waals surface area contributed by atoms with Crippen molar-refractivity contribution in [2.24, 2.45) is 0 Å². The summed E-state index contributed by atoms with van der Waals surface area (Å²) in [6, 6.07) is 10.3. The van der Waals surface area contributed by atoms with E-state index >= 15 is 0 Å². The van der Waals surface area contributed by atoms with Gasteiger partial charge in [-0.2, -0.15) is 0 Å². The number of aliphatic hydroxyl groups excluding tert-OH is 1. The lowest BCUT2D eigenvalue weighted by Crippen LogP contribution is -2.17. The SMILES string of the molecule is Cc1c(Cl)cccc1C(O)c1cccc(OC(F)(F)F)c1. The number of halogens is 4. The summed E-state index contributed by atoms with van der Waals surface area (Å²) in [5.41, 5.74) is 1.50. The molecule has 2 nitrogen and oxygen atoms in total. The number of aliphatic hydroxyl groups is 1. The van der Waals surface area contributed by atoms with Gasteiger partial charge in [0.1, 0.15) is 11.9 Å². The summed E-state index contributed by atoms with van der Waals surface area (Å²) in [6.45, 7) is 1.73. The van der Waals surface area contributed by atoms with E-state index in [-0.39, 0.29) is 5.75 Å². The van der Waals surface area contributed by atoms with Crippen LogP contribution in [0.2, 0.25) is 5.02 Å². The first-order chi connectivity index (χ1) is 9.78. The van der Waals surface area contributed by atoms with Gasteiger partial charge in [0.05, 0.1) is 0 Å². The van der Waals surface area contributed by atoms with Gasteiger partial charge < -0.3 is 9.84 Å². The molecule has 0 aliphatic heterocycles. The molecule has 112 valence electrons. The highest BCUT2D eigenvalue weighted by Crippen LogP contribution is 2.31. The largest absolute Gasteiger partial charge is 0.573 e. The van der Waals surface area contributed by atoms with Crippen molar-refractivity contribution in [2.45, 2.75) is 19.4 Å². The van der Waals surface area contributed by atoms with Crippen LogP contribution in [0.4, 0.5) is 13.2 Å². The minimum atomic E-state index is -4.77. The molecule has 0 aromatic heterocycles. The van der Waals surface area contributed by atoms with E-state index in [9.17, 15) is 18.3 Å². The van der Waals surface area contributed by atoms with E-state index in [4.69, 9.17) is 11.6 Å². The number of ether oxygens (including phenoxy) is 1. The zero-order valence-corrected chi connectivity index (χ0v) is 11.7. The van der Waals surface area contributed by atoms with Crippen molar-refractivity contribution >= 4 is 11.6 Å². The maximum absolute atomic E-state index is 12.2. The average Bonchev–Trinajstić information content (AvgIpc) is 2.39. The van der Waals surface area contributed by atoms with Gasteiger partial charge >= 0.3 is 6.36 Å². The van der Waals surface area contributed by atoms with Crippen LogP contribution in [0.15, 0.2) is 42.5 Å². The Morgan fingerprint density at radius 1 is 1.14 bits per heavy atom. The first kappa shape index (κ1) is 15.7. The standard InChI is InChI=1S/C15H12ClF3O2/c1-9-12(6-3-7-13(9)16)14(20)10-4-2-5-11(8-10)21-15(17,18)19/h2-8,14,20H,1H3. The lowest BCUT2D eigenvalue weighted by molar-refractivity contribution is -0.274. The monoisotopic (exact) mass is 316 g/mol. The molecule has 0 amide bonds. The van der Waals surface area contributed by atoms with Gasteiger partial charge in [-0.3, -0.25) is 0 Å². The van der Waals surface area contributed by atoms with Crippen LogP contribution < -0.4 is 4.74 Å². The van der Waals surface area contributed by atoms with Crippen molar-refractivity contribution in [1.29, 1.82) is 0 Å². The molecule has 0 aliphatic rings. The Kier molecular flexibility index (Phi) is 4.44. The number of hydrogen-bond acceptors (Lipinski definition) is 2. The molecule has 2 rings (SSSR count). The third kappa shape index (κ3) is 3.89. The number of alkyl halides is 3. The summed E-state index contributed by atoms with van der Waals surface area (Å²) in [4.78, 5) is 0. The average molecular weight is 317 g/mol. The van der Waals surface area contributed by atoms with Gasteiger partial charge in [0.15, 0.2) is 0 Å². The van der Waals surface area contributed by atoms with Gasteiger partial charge in [-0.25, -0.2) is 0 Å². The lowest BCUT2D eigenvalue weighted by Gasteiger charge is -2.16. The van der Waals surface area contributed by atoms with E-state index in [1.165, 1.54) is 18.2 Å². The van der Waals surface area contributed by atoms with Gasteiger partial charge in [0.25, 0.3) is 0 Å². The van der Waals surface area contributed by atoms with E-state index in [0.29, 0.717) is 21.7 Å². The molecule has 21 heavy (non-hydrogen) atoms. The molecule has 0 saturated carbocycles. The van der Waals surface area contributed by atoms with Crippen molar-refractivity contribution < 1.29 is 23.0 Å². The second-order valence-electron chi connectivity index (χ2n) is 4.48. The molecule has 1 atom stereocenters. The lowest BCUT2D eigenvalue weighted by atomic mass is 9.97. The van der Waals surface area contributed by atoms with Crippen LogP contribution in [0.25, 0.3) is 0 Å². The molecule has 1 unspecified atom stereocenters. The highest BCUT2D eigenvalue weighted by molar-refractivity contribution is 6.31. The Labute approximate surface area is 124 Å². The summed E-state index contributed by atoms with van der Waals surface area (Å²) in [5.74, 6) is -0.376. The van der Waals surface area contributed by atoms with Crippen molar-refractivity contribution in [1.82, 2.24) is 0 Å². The van der Waals surface area contributed by atoms with Crippen LogP contribution in [0.1, 0.15) is 22.8 Å². The molecule has 0 radical (unpaired) electrons. The number of rotatable bonds is 3. The second kappa shape index (κ2) is 5.95. The maximum atomic E-state index is 12.2. The Bertz CT molecular complexity index is 641. The van der Waals surface area contributed by atoms with Crippen molar-refractivity contribution in [3.8, 4) is 5.75 Å². The highest BCUT2D eigenvalue weighted by Gasteiger charge is 2.31. The first-order valence-electron chi connectivity index (χ1n) is 6.07. The van der Waals surface area contributed by atoms with Crippen molar-refractivity contribution in [2.75, 3.05) is 0 Å². The number of benzene rings is 2. The van der Waals surface area contributed by atoms with Crippen LogP contribution in [0, 0.1) is 6.92 Å². The van der Waals surface area contributed by atoms with Gasteiger partial charge in [0, 0.05) is 5.02 Å². The molecule has 0 aliphatic carbocycles. The van der Waals surface area contributed by atoms with Gasteiger partial charge in [0.2, 0.25) is 0 Å². The molecular weight excluding hydrogens is 305 g/mol. The summed E-state index contributed by atoms with van der Waals surface area (Å²) in [6.07, 6.45) is -5.85. The highest BCUT2D eigenvalue weighted by atomic mass is 35.5. The molecule has 0 saturated heterocycles. The fraction of sp³-hybridized carbons (Fsp3) is 0.200. The third-order valence-corrected chi connectivity index (χ3v) is 3.42. The number of hydrogen-bond donors (Lipinski definition) is 1. The summed E-state index contributed by atoms with van der Waals surface area (Å²) in [7, 11) is 0. The molecule has 2 aromatic carbocycles. The van der Waals surface area contributed by atoms with Crippen LogP contribution in [-0.2, 0) is 0 Å². The molecular formula is C15H12ClF3O2. The van der Waals surface area contributed by atoms with E-state index in [1.54, 1.807) is 25.1 Å². The van der Waals surface area contributed by atoms with Crippen molar-refractivity contribution in [3.05, 3.63) is 64.2 Å². The van der Waals surface area contributed by atoms with Crippen LogP contribution >= 0.6 is 11.6 Å².